The highest BCUT2D eigenvalue weighted by atomic mass is 16.6. The molecule has 0 saturated carbocycles. The summed E-state index contributed by atoms with van der Waals surface area (Å²) in [4.78, 5) is 47.8. The maximum Gasteiger partial charge on any atom is 0.310 e. The maximum atomic E-state index is 12.2. The van der Waals surface area contributed by atoms with Gasteiger partial charge in [-0.05, 0) is 30.2 Å². The number of nitrogens with one attached hydrogen (secondary N) is 2. The molecule has 30 heavy (non-hydrogen) atoms. The minimum atomic E-state index is -0.675. The van der Waals surface area contributed by atoms with Crippen LogP contribution in [0.2, 0.25) is 0 Å². The van der Waals surface area contributed by atoms with Gasteiger partial charge in [-0.2, -0.15) is 0 Å². The van der Waals surface area contributed by atoms with Crippen molar-refractivity contribution in [2.75, 3.05) is 13.2 Å². The fourth-order valence-electron chi connectivity index (χ4n) is 2.96. The molecule has 3 amide bonds. The van der Waals surface area contributed by atoms with E-state index in [1.165, 1.54) is 18.2 Å². The summed E-state index contributed by atoms with van der Waals surface area (Å²) in [5, 5.41) is 10.9. The van der Waals surface area contributed by atoms with Crippen molar-refractivity contribution >= 4 is 23.4 Å². The van der Waals surface area contributed by atoms with Crippen LogP contribution in [0.25, 0.3) is 0 Å². The van der Waals surface area contributed by atoms with Gasteiger partial charge in [0.05, 0.1) is 4.92 Å². The summed E-state index contributed by atoms with van der Waals surface area (Å²) in [6.07, 6.45) is 1.43. The van der Waals surface area contributed by atoms with Crippen LogP contribution >= 0.6 is 0 Å². The van der Waals surface area contributed by atoms with E-state index in [1.54, 1.807) is 35.2 Å². The van der Waals surface area contributed by atoms with Crippen LogP contribution in [0.4, 0.5) is 5.69 Å². The summed E-state index contributed by atoms with van der Waals surface area (Å²) >= 11 is 0. The predicted octanol–water partition coefficient (Wildman–Crippen LogP) is 1.56. The van der Waals surface area contributed by atoms with Gasteiger partial charge in [0.15, 0.2) is 12.4 Å². The van der Waals surface area contributed by atoms with Crippen LogP contribution in [-0.4, -0.2) is 40.7 Å². The van der Waals surface area contributed by atoms with Crippen molar-refractivity contribution in [2.45, 2.75) is 19.4 Å². The number of hydrazine groups is 1. The van der Waals surface area contributed by atoms with E-state index >= 15 is 0 Å². The molecular formula is C20H20N4O6. The van der Waals surface area contributed by atoms with Crippen LogP contribution in [0.5, 0.6) is 5.75 Å². The quantitative estimate of drug-likeness (QED) is 0.524. The number of para-hydroxylation sites is 2. The topological polar surface area (TPSA) is 131 Å². The minimum absolute atomic E-state index is 0.0453. The van der Waals surface area contributed by atoms with Gasteiger partial charge < -0.3 is 9.64 Å². The standard InChI is InChI=1S/C20H20N4O6/c25-18(13-30-17-5-2-1-4-16(17)24(28)29)21-22-20(27)15-9-7-14(8-10-15)12-23-11-3-6-19(23)26/h1-2,4-5,7-10H,3,6,11-13H2,(H,21,25)(H,22,27). The highest BCUT2D eigenvalue weighted by Gasteiger charge is 2.20. The molecule has 0 aliphatic carbocycles. The molecule has 0 unspecified atom stereocenters. The number of carbonyl (C=O) groups is 3. The summed E-state index contributed by atoms with van der Waals surface area (Å²) in [5.41, 5.74) is 5.42. The monoisotopic (exact) mass is 412 g/mol. The van der Waals surface area contributed by atoms with Crippen LogP contribution in [-0.2, 0) is 16.1 Å². The van der Waals surface area contributed by atoms with Gasteiger partial charge in [-0.3, -0.25) is 35.3 Å². The van der Waals surface area contributed by atoms with Crippen molar-refractivity contribution in [2.24, 2.45) is 0 Å². The Morgan fingerprint density at radius 1 is 1.10 bits per heavy atom. The van der Waals surface area contributed by atoms with E-state index in [0.717, 1.165) is 18.5 Å². The molecule has 1 saturated heterocycles. The Morgan fingerprint density at radius 3 is 2.50 bits per heavy atom. The third-order valence-electron chi connectivity index (χ3n) is 4.50. The second kappa shape index (κ2) is 9.50. The first-order valence-corrected chi connectivity index (χ1v) is 9.26. The van der Waals surface area contributed by atoms with Gasteiger partial charge in [-0.1, -0.05) is 24.3 Å². The largest absolute Gasteiger partial charge is 0.477 e. The van der Waals surface area contributed by atoms with Crippen LogP contribution in [0, 0.1) is 10.1 Å². The van der Waals surface area contributed by atoms with Crippen molar-refractivity contribution in [3.63, 3.8) is 0 Å². The molecule has 0 radical (unpaired) electrons. The number of amides is 3. The van der Waals surface area contributed by atoms with Crippen molar-refractivity contribution in [3.05, 3.63) is 69.8 Å². The summed E-state index contributed by atoms with van der Waals surface area (Å²) in [6.45, 7) is 0.732. The number of ether oxygens (including phenoxy) is 1. The average molecular weight is 412 g/mol. The molecule has 10 heteroatoms. The van der Waals surface area contributed by atoms with Gasteiger partial charge >= 0.3 is 5.69 Å². The van der Waals surface area contributed by atoms with E-state index in [1.807, 2.05) is 0 Å². The number of nitrogens with zero attached hydrogens (tertiary/aromatic N) is 2. The Labute approximate surface area is 171 Å². The van der Waals surface area contributed by atoms with Gasteiger partial charge in [-0.15, -0.1) is 0 Å². The van der Waals surface area contributed by atoms with Crippen LogP contribution in [0.3, 0.4) is 0 Å². The summed E-state index contributed by atoms with van der Waals surface area (Å²) < 4.78 is 5.15. The van der Waals surface area contributed by atoms with E-state index in [0.29, 0.717) is 18.5 Å². The molecule has 1 aliphatic heterocycles. The van der Waals surface area contributed by atoms with Crippen LogP contribution in [0.1, 0.15) is 28.8 Å². The highest BCUT2D eigenvalue weighted by molar-refractivity contribution is 5.95. The second-order valence-electron chi connectivity index (χ2n) is 6.63. The van der Waals surface area contributed by atoms with E-state index in [2.05, 4.69) is 10.9 Å². The fraction of sp³-hybridized carbons (Fsp3) is 0.250. The molecule has 10 nitrogen and oxygen atoms in total. The molecule has 0 atom stereocenters. The lowest BCUT2D eigenvalue weighted by molar-refractivity contribution is -0.385. The van der Waals surface area contributed by atoms with Crippen molar-refractivity contribution in [1.29, 1.82) is 0 Å². The number of nitro groups is 1. The Balaban J connectivity index is 1.46. The number of likely N-dealkylation sites (tertiary alicyclic amines) is 1. The average Bonchev–Trinajstić information content (AvgIpc) is 3.15. The lowest BCUT2D eigenvalue weighted by Crippen LogP contribution is -2.43. The third kappa shape index (κ3) is 5.31. The third-order valence-corrected chi connectivity index (χ3v) is 4.50. The molecule has 1 fully saturated rings. The second-order valence-corrected chi connectivity index (χ2v) is 6.63. The molecule has 2 aromatic rings. The van der Waals surface area contributed by atoms with Crippen molar-refractivity contribution in [1.82, 2.24) is 15.8 Å². The van der Waals surface area contributed by atoms with E-state index < -0.39 is 23.3 Å². The molecule has 2 N–H and O–H groups in total. The fourth-order valence-corrected chi connectivity index (χ4v) is 2.96. The Hall–Kier alpha value is -3.95. The number of nitro benzene ring substituents is 1. The number of carbonyl (C=O) groups excluding carboxylic acids is 3. The Bertz CT molecular complexity index is 960. The lowest BCUT2D eigenvalue weighted by Gasteiger charge is -2.15. The molecule has 0 spiro atoms. The first-order chi connectivity index (χ1) is 14.4. The lowest BCUT2D eigenvalue weighted by atomic mass is 10.1. The van der Waals surface area contributed by atoms with Gasteiger partial charge in [0.25, 0.3) is 11.8 Å². The molecule has 1 aliphatic rings. The van der Waals surface area contributed by atoms with Crippen LogP contribution in [0.15, 0.2) is 48.5 Å². The molecule has 1 heterocycles. The van der Waals surface area contributed by atoms with Gasteiger partial charge in [-0.25, -0.2) is 0 Å². The van der Waals surface area contributed by atoms with E-state index in [-0.39, 0.29) is 17.3 Å². The SMILES string of the molecule is O=C(COc1ccccc1[N+](=O)[O-])NNC(=O)c1ccc(CN2CCCC2=O)cc1. The normalized spacial score (nSPS) is 13.1. The number of hydrogen-bond donors (Lipinski definition) is 2. The highest BCUT2D eigenvalue weighted by Crippen LogP contribution is 2.25. The zero-order valence-corrected chi connectivity index (χ0v) is 16.0. The first kappa shape index (κ1) is 20.8. The Kier molecular flexibility index (Phi) is 6.58. The van der Waals surface area contributed by atoms with Gasteiger partial charge in [0.1, 0.15) is 0 Å². The van der Waals surface area contributed by atoms with Crippen molar-refractivity contribution in [3.8, 4) is 5.75 Å². The molecular weight excluding hydrogens is 392 g/mol. The van der Waals surface area contributed by atoms with E-state index in [4.69, 9.17) is 4.74 Å². The molecule has 3 rings (SSSR count). The summed E-state index contributed by atoms with van der Waals surface area (Å²) in [7, 11) is 0. The number of hydrogen-bond acceptors (Lipinski definition) is 6. The molecule has 156 valence electrons. The number of benzene rings is 2. The first-order valence-electron chi connectivity index (χ1n) is 9.26. The van der Waals surface area contributed by atoms with E-state index in [9.17, 15) is 24.5 Å². The smallest absolute Gasteiger partial charge is 0.310 e. The Morgan fingerprint density at radius 2 is 1.83 bits per heavy atom. The van der Waals surface area contributed by atoms with Gasteiger partial charge in [0, 0.05) is 31.1 Å². The zero-order valence-electron chi connectivity index (χ0n) is 16.0. The minimum Gasteiger partial charge on any atom is -0.477 e. The maximum absolute atomic E-state index is 12.2. The summed E-state index contributed by atoms with van der Waals surface area (Å²) in [5.74, 6) is -1.12. The molecule has 0 aromatic heterocycles. The molecule has 0 bridgehead atoms. The van der Waals surface area contributed by atoms with Gasteiger partial charge in [0.2, 0.25) is 5.91 Å². The van der Waals surface area contributed by atoms with Crippen molar-refractivity contribution < 1.29 is 24.0 Å². The number of rotatable bonds is 7. The molecule has 2 aromatic carbocycles. The zero-order chi connectivity index (χ0) is 21.5. The summed E-state index contributed by atoms with van der Waals surface area (Å²) in [6, 6.07) is 12.4. The predicted molar refractivity (Wildman–Crippen MR) is 105 cm³/mol. The van der Waals surface area contributed by atoms with Crippen LogP contribution < -0.4 is 15.6 Å².